The summed E-state index contributed by atoms with van der Waals surface area (Å²) in [6.45, 7) is 4.93. The van der Waals surface area contributed by atoms with Gasteiger partial charge in [0, 0.05) is 25.8 Å². The van der Waals surface area contributed by atoms with Gasteiger partial charge >= 0.3 is 5.97 Å². The van der Waals surface area contributed by atoms with E-state index >= 15 is 0 Å². The van der Waals surface area contributed by atoms with E-state index in [9.17, 15) is 9.59 Å². The normalized spacial score (nSPS) is 16.3. The molecule has 110 valence electrons. The van der Waals surface area contributed by atoms with E-state index in [-0.39, 0.29) is 17.8 Å². The predicted octanol–water partition coefficient (Wildman–Crippen LogP) is 1.06. The molecule has 20 heavy (non-hydrogen) atoms. The highest BCUT2D eigenvalue weighted by Crippen LogP contribution is 2.22. The molecule has 0 saturated carbocycles. The van der Waals surface area contributed by atoms with Crippen LogP contribution >= 0.6 is 0 Å². The summed E-state index contributed by atoms with van der Waals surface area (Å²) in [5.74, 6) is -0.248. The monoisotopic (exact) mass is 279 g/mol. The van der Waals surface area contributed by atoms with E-state index in [0.717, 1.165) is 11.4 Å². The molecule has 0 unspecified atom stereocenters. The minimum atomic E-state index is -0.175. The molecule has 1 amide bonds. The van der Waals surface area contributed by atoms with Crippen LogP contribution in [-0.2, 0) is 16.6 Å². The average Bonchev–Trinajstić information content (AvgIpc) is 2.71. The number of ether oxygens (including phenoxy) is 1. The van der Waals surface area contributed by atoms with Gasteiger partial charge in [-0.15, -0.1) is 0 Å². The number of nitrogens with zero attached hydrogens (tertiary/aromatic N) is 3. The standard InChI is InChI=1S/C14H21N3O3/c1-9-12(10(2)16(3)15-9)13(18)17-7-5-11(6-8-17)14(19)20-4/h11H,5-8H2,1-4H3. The molecule has 1 aliphatic rings. The van der Waals surface area contributed by atoms with E-state index < -0.39 is 0 Å². The highest BCUT2D eigenvalue weighted by atomic mass is 16.5. The smallest absolute Gasteiger partial charge is 0.308 e. The average molecular weight is 279 g/mol. The van der Waals surface area contributed by atoms with Gasteiger partial charge in [-0.1, -0.05) is 0 Å². The molecular weight excluding hydrogens is 258 g/mol. The van der Waals surface area contributed by atoms with Crippen molar-refractivity contribution in [3.05, 3.63) is 17.0 Å². The van der Waals surface area contributed by atoms with Crippen LogP contribution in [0.5, 0.6) is 0 Å². The second-order valence-electron chi connectivity index (χ2n) is 5.26. The van der Waals surface area contributed by atoms with Gasteiger partial charge in [-0.2, -0.15) is 5.10 Å². The molecule has 0 bridgehead atoms. The quantitative estimate of drug-likeness (QED) is 0.759. The molecule has 1 fully saturated rings. The van der Waals surface area contributed by atoms with Crippen molar-refractivity contribution in [2.45, 2.75) is 26.7 Å². The van der Waals surface area contributed by atoms with Gasteiger partial charge in [-0.05, 0) is 26.7 Å². The van der Waals surface area contributed by atoms with E-state index in [4.69, 9.17) is 4.74 Å². The summed E-state index contributed by atoms with van der Waals surface area (Å²) in [4.78, 5) is 25.8. The van der Waals surface area contributed by atoms with Crippen LogP contribution in [0, 0.1) is 19.8 Å². The SMILES string of the molecule is COC(=O)C1CCN(C(=O)c2c(C)nn(C)c2C)CC1. The Kier molecular flexibility index (Phi) is 4.11. The van der Waals surface area contributed by atoms with Gasteiger partial charge in [0.15, 0.2) is 0 Å². The van der Waals surface area contributed by atoms with Crippen LogP contribution in [0.25, 0.3) is 0 Å². The lowest BCUT2D eigenvalue weighted by molar-refractivity contribution is -0.146. The molecule has 1 aromatic rings. The molecule has 6 nitrogen and oxygen atoms in total. The Morgan fingerprint density at radius 2 is 1.85 bits per heavy atom. The third-order valence-corrected chi connectivity index (χ3v) is 4.04. The minimum absolute atomic E-state index is 0.0106. The topological polar surface area (TPSA) is 64.4 Å². The molecule has 0 spiro atoms. The Morgan fingerprint density at radius 1 is 1.25 bits per heavy atom. The predicted molar refractivity (Wildman–Crippen MR) is 73.3 cm³/mol. The number of carbonyl (C=O) groups excluding carboxylic acids is 2. The van der Waals surface area contributed by atoms with E-state index in [1.54, 1.807) is 9.58 Å². The highest BCUT2D eigenvalue weighted by molar-refractivity contribution is 5.96. The lowest BCUT2D eigenvalue weighted by atomic mass is 9.96. The van der Waals surface area contributed by atoms with Gasteiger partial charge in [0.25, 0.3) is 5.91 Å². The zero-order chi connectivity index (χ0) is 14.9. The fourth-order valence-corrected chi connectivity index (χ4v) is 2.73. The Labute approximate surface area is 118 Å². The van der Waals surface area contributed by atoms with Crippen molar-refractivity contribution >= 4 is 11.9 Å². The summed E-state index contributed by atoms with van der Waals surface area (Å²) in [6.07, 6.45) is 1.33. The molecule has 2 heterocycles. The second-order valence-corrected chi connectivity index (χ2v) is 5.26. The van der Waals surface area contributed by atoms with E-state index in [1.165, 1.54) is 7.11 Å². The molecule has 0 radical (unpaired) electrons. The number of rotatable bonds is 2. The Bertz CT molecular complexity index is 528. The van der Waals surface area contributed by atoms with E-state index in [1.807, 2.05) is 20.9 Å². The third-order valence-electron chi connectivity index (χ3n) is 4.04. The van der Waals surface area contributed by atoms with Crippen LogP contribution in [0.1, 0.15) is 34.6 Å². The van der Waals surface area contributed by atoms with Crippen LogP contribution in [0.15, 0.2) is 0 Å². The second kappa shape index (κ2) is 5.64. The zero-order valence-corrected chi connectivity index (χ0v) is 12.5. The summed E-state index contributed by atoms with van der Waals surface area (Å²) in [6, 6.07) is 0. The molecule has 0 aliphatic carbocycles. The van der Waals surface area contributed by atoms with Gasteiger partial charge in [0.1, 0.15) is 0 Å². The molecule has 0 aromatic carbocycles. The van der Waals surface area contributed by atoms with Gasteiger partial charge in [0.05, 0.1) is 24.3 Å². The number of hydrogen-bond donors (Lipinski definition) is 0. The molecule has 1 aliphatic heterocycles. The van der Waals surface area contributed by atoms with Crippen molar-refractivity contribution in [1.82, 2.24) is 14.7 Å². The van der Waals surface area contributed by atoms with Crippen LogP contribution in [-0.4, -0.2) is 46.8 Å². The lowest BCUT2D eigenvalue weighted by Crippen LogP contribution is -2.40. The fraction of sp³-hybridized carbons (Fsp3) is 0.643. The Morgan fingerprint density at radius 3 is 2.30 bits per heavy atom. The van der Waals surface area contributed by atoms with Crippen molar-refractivity contribution in [2.75, 3.05) is 20.2 Å². The zero-order valence-electron chi connectivity index (χ0n) is 12.5. The van der Waals surface area contributed by atoms with Crippen molar-refractivity contribution < 1.29 is 14.3 Å². The number of aromatic nitrogens is 2. The summed E-state index contributed by atoms with van der Waals surface area (Å²) in [5, 5.41) is 4.28. The molecular formula is C14H21N3O3. The largest absolute Gasteiger partial charge is 0.469 e. The number of esters is 1. The first-order valence-corrected chi connectivity index (χ1v) is 6.83. The van der Waals surface area contributed by atoms with Gasteiger partial charge in [-0.3, -0.25) is 14.3 Å². The number of aryl methyl sites for hydroxylation is 2. The first kappa shape index (κ1) is 14.6. The number of amides is 1. The summed E-state index contributed by atoms with van der Waals surface area (Å²) in [7, 11) is 3.24. The minimum Gasteiger partial charge on any atom is -0.469 e. The molecule has 6 heteroatoms. The fourth-order valence-electron chi connectivity index (χ4n) is 2.73. The van der Waals surface area contributed by atoms with E-state index in [2.05, 4.69) is 5.10 Å². The molecule has 2 rings (SSSR count). The Hall–Kier alpha value is -1.85. The van der Waals surface area contributed by atoms with Gasteiger partial charge in [-0.25, -0.2) is 0 Å². The molecule has 1 aromatic heterocycles. The highest BCUT2D eigenvalue weighted by Gasteiger charge is 2.30. The Balaban J connectivity index is 2.07. The maximum atomic E-state index is 12.6. The van der Waals surface area contributed by atoms with Gasteiger partial charge < -0.3 is 9.64 Å². The first-order valence-electron chi connectivity index (χ1n) is 6.83. The van der Waals surface area contributed by atoms with Crippen LogP contribution < -0.4 is 0 Å². The maximum absolute atomic E-state index is 12.6. The molecule has 0 N–H and O–H groups in total. The summed E-state index contributed by atoms with van der Waals surface area (Å²) in [5.41, 5.74) is 2.32. The van der Waals surface area contributed by atoms with Crippen LogP contribution in [0.2, 0.25) is 0 Å². The van der Waals surface area contributed by atoms with E-state index in [0.29, 0.717) is 31.5 Å². The molecule has 0 atom stereocenters. The molecule has 1 saturated heterocycles. The number of likely N-dealkylation sites (tertiary alicyclic amines) is 1. The number of methoxy groups -OCH3 is 1. The van der Waals surface area contributed by atoms with Crippen LogP contribution in [0.3, 0.4) is 0 Å². The number of carbonyl (C=O) groups is 2. The van der Waals surface area contributed by atoms with Crippen molar-refractivity contribution in [3.8, 4) is 0 Å². The van der Waals surface area contributed by atoms with Crippen molar-refractivity contribution in [2.24, 2.45) is 13.0 Å². The van der Waals surface area contributed by atoms with Crippen LogP contribution in [0.4, 0.5) is 0 Å². The van der Waals surface area contributed by atoms with Gasteiger partial charge in [0.2, 0.25) is 0 Å². The maximum Gasteiger partial charge on any atom is 0.308 e. The summed E-state index contributed by atoms with van der Waals surface area (Å²) < 4.78 is 6.48. The third kappa shape index (κ3) is 2.55. The number of hydrogen-bond acceptors (Lipinski definition) is 4. The first-order chi connectivity index (χ1) is 9.45. The lowest BCUT2D eigenvalue weighted by Gasteiger charge is -2.30. The number of piperidine rings is 1. The summed E-state index contributed by atoms with van der Waals surface area (Å²) >= 11 is 0. The van der Waals surface area contributed by atoms with Crippen molar-refractivity contribution in [3.63, 3.8) is 0 Å². The van der Waals surface area contributed by atoms with Crippen molar-refractivity contribution in [1.29, 1.82) is 0 Å².